The number of hydrogen-bond acceptors (Lipinski definition) is 0. The molecular formula is C21H32. The summed E-state index contributed by atoms with van der Waals surface area (Å²) >= 11 is 0. The molecule has 0 aliphatic heterocycles. The summed E-state index contributed by atoms with van der Waals surface area (Å²) in [5.74, 6) is 0.896. The highest BCUT2D eigenvalue weighted by atomic mass is 14.3. The lowest BCUT2D eigenvalue weighted by Crippen LogP contribution is -2.03. The Hall–Kier alpha value is -0.780. The molecular weight excluding hydrogens is 252 g/mol. The fraction of sp³-hybridized carbons (Fsp3) is 0.714. The molecule has 0 N–H and O–H groups in total. The third-order valence-corrected chi connectivity index (χ3v) is 5.73. The summed E-state index contributed by atoms with van der Waals surface area (Å²) in [6.07, 6.45) is 16.6. The molecule has 1 atom stereocenters. The number of fused-ring (bicyclic) bond motifs is 3. The monoisotopic (exact) mass is 284 g/mol. The summed E-state index contributed by atoms with van der Waals surface area (Å²) in [6.45, 7) is 4.66. The van der Waals surface area contributed by atoms with Gasteiger partial charge in [0.25, 0.3) is 0 Å². The molecule has 21 heavy (non-hydrogen) atoms. The Labute approximate surface area is 131 Å². The number of rotatable bonds is 7. The summed E-state index contributed by atoms with van der Waals surface area (Å²) in [7, 11) is 0. The molecule has 3 rings (SSSR count). The van der Waals surface area contributed by atoms with Crippen LogP contribution in [0.15, 0.2) is 6.07 Å². The average Bonchev–Trinajstić information content (AvgIpc) is 3.10. The van der Waals surface area contributed by atoms with Crippen LogP contribution >= 0.6 is 0 Å². The van der Waals surface area contributed by atoms with Crippen molar-refractivity contribution < 1.29 is 0 Å². The molecule has 0 saturated heterocycles. The lowest BCUT2D eigenvalue weighted by Gasteiger charge is -2.18. The van der Waals surface area contributed by atoms with Gasteiger partial charge in [0, 0.05) is 0 Å². The predicted molar refractivity (Wildman–Crippen MR) is 92.3 cm³/mol. The van der Waals surface area contributed by atoms with Crippen molar-refractivity contribution in [2.75, 3.05) is 0 Å². The van der Waals surface area contributed by atoms with Crippen molar-refractivity contribution in [2.24, 2.45) is 0 Å². The van der Waals surface area contributed by atoms with Crippen LogP contribution in [0.4, 0.5) is 0 Å². The van der Waals surface area contributed by atoms with Crippen LogP contribution in [0.1, 0.15) is 98.9 Å². The third kappa shape index (κ3) is 3.05. The molecule has 0 amide bonds. The lowest BCUT2D eigenvalue weighted by molar-refractivity contribution is 0.605. The van der Waals surface area contributed by atoms with Crippen molar-refractivity contribution in [1.82, 2.24) is 0 Å². The van der Waals surface area contributed by atoms with Gasteiger partial charge in [-0.15, -0.1) is 0 Å². The van der Waals surface area contributed by atoms with E-state index in [0.717, 1.165) is 5.92 Å². The van der Waals surface area contributed by atoms with Crippen molar-refractivity contribution in [3.63, 3.8) is 0 Å². The van der Waals surface area contributed by atoms with Gasteiger partial charge in [0.2, 0.25) is 0 Å². The van der Waals surface area contributed by atoms with E-state index in [1.165, 1.54) is 77.0 Å². The van der Waals surface area contributed by atoms with Crippen LogP contribution < -0.4 is 0 Å². The van der Waals surface area contributed by atoms with Gasteiger partial charge in [0.05, 0.1) is 0 Å². The first kappa shape index (κ1) is 15.1. The standard InChI is InChI=1S/C21H32/c1-3-5-6-7-10-17-15-18-11-8-12-19(18)21-16(9-4-2)13-14-20(17)21/h15-16H,3-14H2,1-2H3. The molecule has 1 aromatic carbocycles. The topological polar surface area (TPSA) is 0 Å². The van der Waals surface area contributed by atoms with Crippen LogP contribution in [0.3, 0.4) is 0 Å². The minimum Gasteiger partial charge on any atom is -0.0654 e. The molecule has 2 aliphatic rings. The Kier molecular flexibility index (Phi) is 5.03. The highest BCUT2D eigenvalue weighted by molar-refractivity contribution is 5.52. The highest BCUT2D eigenvalue weighted by Crippen LogP contribution is 2.44. The highest BCUT2D eigenvalue weighted by Gasteiger charge is 2.30. The van der Waals surface area contributed by atoms with E-state index in [0.29, 0.717) is 0 Å². The van der Waals surface area contributed by atoms with Crippen LogP contribution in [-0.2, 0) is 25.7 Å². The summed E-state index contributed by atoms with van der Waals surface area (Å²) in [4.78, 5) is 0. The minimum absolute atomic E-state index is 0.896. The van der Waals surface area contributed by atoms with E-state index in [-0.39, 0.29) is 0 Å². The fourth-order valence-electron chi connectivity index (χ4n) is 4.74. The van der Waals surface area contributed by atoms with Crippen molar-refractivity contribution in [3.05, 3.63) is 33.9 Å². The van der Waals surface area contributed by atoms with E-state index in [2.05, 4.69) is 19.9 Å². The maximum atomic E-state index is 2.61. The van der Waals surface area contributed by atoms with E-state index in [4.69, 9.17) is 0 Å². The summed E-state index contributed by atoms with van der Waals surface area (Å²) in [6, 6.07) is 2.61. The molecule has 0 aromatic heterocycles. The minimum atomic E-state index is 0.896. The van der Waals surface area contributed by atoms with Crippen molar-refractivity contribution in [2.45, 2.75) is 96.8 Å². The van der Waals surface area contributed by atoms with Gasteiger partial charge in [-0.25, -0.2) is 0 Å². The summed E-state index contributed by atoms with van der Waals surface area (Å²) in [5.41, 5.74) is 8.89. The first-order valence-corrected chi connectivity index (χ1v) is 9.51. The second kappa shape index (κ2) is 6.99. The van der Waals surface area contributed by atoms with Crippen molar-refractivity contribution in [1.29, 1.82) is 0 Å². The molecule has 0 spiro atoms. The van der Waals surface area contributed by atoms with Gasteiger partial charge >= 0.3 is 0 Å². The van der Waals surface area contributed by atoms with E-state index in [9.17, 15) is 0 Å². The van der Waals surface area contributed by atoms with E-state index in [1.54, 1.807) is 22.3 Å². The van der Waals surface area contributed by atoms with Crippen molar-refractivity contribution in [3.8, 4) is 0 Å². The summed E-state index contributed by atoms with van der Waals surface area (Å²) in [5, 5.41) is 0. The molecule has 0 radical (unpaired) electrons. The van der Waals surface area contributed by atoms with Crippen LogP contribution in [0.25, 0.3) is 0 Å². The molecule has 0 saturated carbocycles. The Bertz CT molecular complexity index is 483. The normalized spacial score (nSPS) is 19.8. The van der Waals surface area contributed by atoms with Gasteiger partial charge in [-0.1, -0.05) is 45.6 Å². The molecule has 0 heterocycles. The smallest absolute Gasteiger partial charge is 0.0153 e. The molecule has 2 aliphatic carbocycles. The molecule has 0 heteroatoms. The maximum absolute atomic E-state index is 2.61. The molecule has 0 nitrogen and oxygen atoms in total. The zero-order chi connectivity index (χ0) is 14.7. The molecule has 116 valence electrons. The SMILES string of the molecule is CCCCCCc1cc2c(c3c1CCC3CCC)CCC2. The van der Waals surface area contributed by atoms with Gasteiger partial charge in [0.1, 0.15) is 0 Å². The fourth-order valence-corrected chi connectivity index (χ4v) is 4.74. The first-order valence-electron chi connectivity index (χ1n) is 9.51. The summed E-state index contributed by atoms with van der Waals surface area (Å²) < 4.78 is 0. The molecule has 0 fully saturated rings. The number of aryl methyl sites for hydroxylation is 2. The first-order chi connectivity index (χ1) is 10.3. The Morgan fingerprint density at radius 1 is 0.952 bits per heavy atom. The Morgan fingerprint density at radius 2 is 1.86 bits per heavy atom. The molecule has 1 unspecified atom stereocenters. The van der Waals surface area contributed by atoms with Gasteiger partial charge < -0.3 is 0 Å². The number of unbranched alkanes of at least 4 members (excludes halogenated alkanes) is 3. The molecule has 1 aromatic rings. The van der Waals surface area contributed by atoms with Crippen LogP contribution in [-0.4, -0.2) is 0 Å². The Balaban J connectivity index is 1.85. The molecule has 0 bridgehead atoms. The lowest BCUT2D eigenvalue weighted by atomic mass is 9.87. The zero-order valence-corrected chi connectivity index (χ0v) is 14.1. The van der Waals surface area contributed by atoms with Crippen LogP contribution in [0, 0.1) is 0 Å². The van der Waals surface area contributed by atoms with E-state index < -0.39 is 0 Å². The second-order valence-electron chi connectivity index (χ2n) is 7.25. The van der Waals surface area contributed by atoms with Crippen LogP contribution in [0.2, 0.25) is 0 Å². The number of benzene rings is 1. The zero-order valence-electron chi connectivity index (χ0n) is 14.1. The maximum Gasteiger partial charge on any atom is -0.0153 e. The van der Waals surface area contributed by atoms with Crippen molar-refractivity contribution >= 4 is 0 Å². The van der Waals surface area contributed by atoms with Gasteiger partial charge in [-0.05, 0) is 85.1 Å². The van der Waals surface area contributed by atoms with E-state index >= 15 is 0 Å². The van der Waals surface area contributed by atoms with E-state index in [1.807, 2.05) is 5.56 Å². The largest absolute Gasteiger partial charge is 0.0654 e. The average molecular weight is 284 g/mol. The third-order valence-electron chi connectivity index (χ3n) is 5.73. The number of hydrogen-bond donors (Lipinski definition) is 0. The quantitative estimate of drug-likeness (QED) is 0.528. The predicted octanol–water partition coefficient (Wildman–Crippen LogP) is 6.13. The second-order valence-corrected chi connectivity index (χ2v) is 7.25. The van der Waals surface area contributed by atoms with Gasteiger partial charge in [-0.3, -0.25) is 0 Å². The van der Waals surface area contributed by atoms with Gasteiger partial charge in [0.15, 0.2) is 0 Å². The van der Waals surface area contributed by atoms with Crippen LogP contribution in [0.5, 0.6) is 0 Å². The Morgan fingerprint density at radius 3 is 2.67 bits per heavy atom. The van der Waals surface area contributed by atoms with Gasteiger partial charge in [-0.2, -0.15) is 0 Å².